The van der Waals surface area contributed by atoms with E-state index in [0.717, 1.165) is 11.1 Å². The van der Waals surface area contributed by atoms with Crippen molar-refractivity contribution < 1.29 is 33.3 Å². The second-order valence-corrected chi connectivity index (χ2v) is 9.99. The molecule has 1 fully saturated rings. The Balaban J connectivity index is 1.93. The van der Waals surface area contributed by atoms with Gasteiger partial charge >= 0.3 is 11.9 Å². The van der Waals surface area contributed by atoms with E-state index in [2.05, 4.69) is 0 Å². The van der Waals surface area contributed by atoms with Gasteiger partial charge in [0.25, 0.3) is 0 Å². The summed E-state index contributed by atoms with van der Waals surface area (Å²) in [4.78, 5) is 28.4. The van der Waals surface area contributed by atoms with Gasteiger partial charge in [-0.25, -0.2) is 4.79 Å². The maximum atomic E-state index is 14.7. The monoisotopic (exact) mass is 542 g/mol. The first-order valence-corrected chi connectivity index (χ1v) is 13.5. The van der Waals surface area contributed by atoms with Crippen LogP contribution in [0.4, 0.5) is 0 Å². The summed E-state index contributed by atoms with van der Waals surface area (Å²) in [6.07, 6.45) is 0. The third-order valence-electron chi connectivity index (χ3n) is 7.97. The first-order chi connectivity index (χ1) is 19.3. The minimum atomic E-state index is -1.57. The molecule has 2 heterocycles. The fraction of sp³-hybridized carbons (Fsp3) is 0.333. The van der Waals surface area contributed by atoms with Gasteiger partial charge in [0.05, 0.1) is 25.9 Å². The summed E-state index contributed by atoms with van der Waals surface area (Å²) < 4.78 is 30.2. The SMILES string of the molecule is CCOC(=O)C1=C(C)O[C@]2(C)OC(c3ccccc3)(c3ccccc3)[C@]2(C(=O)OCC)C1c1ccc(OC)cc1. The third-order valence-corrected chi connectivity index (χ3v) is 7.97. The summed E-state index contributed by atoms with van der Waals surface area (Å²) in [6, 6.07) is 26.5. The Morgan fingerprint density at radius 2 is 1.38 bits per heavy atom. The molecule has 7 nitrogen and oxygen atoms in total. The average molecular weight is 543 g/mol. The van der Waals surface area contributed by atoms with Crippen LogP contribution in [0.15, 0.2) is 96.3 Å². The molecule has 3 aromatic rings. The van der Waals surface area contributed by atoms with Crippen LogP contribution < -0.4 is 4.74 Å². The molecule has 40 heavy (non-hydrogen) atoms. The zero-order chi connectivity index (χ0) is 28.5. The normalized spacial score (nSPS) is 24.7. The number of rotatable bonds is 8. The highest BCUT2D eigenvalue weighted by molar-refractivity contribution is 5.96. The summed E-state index contributed by atoms with van der Waals surface area (Å²) in [5.74, 6) is -2.47. The van der Waals surface area contributed by atoms with Gasteiger partial charge in [-0.15, -0.1) is 0 Å². The average Bonchev–Trinajstić information content (AvgIpc) is 2.96. The Labute approximate surface area is 234 Å². The standard InChI is InChI=1S/C33H34O7/c1-6-37-29(34)27-22(3)39-31(4)32(30(35)38-7-2,28(27)23-18-20-26(36-5)21-19-23)33(40-31,24-14-10-8-11-15-24)25-16-12-9-13-17-25/h8-21,28H,6-7H2,1-5H3/t28?,31-,32+/m1/s1. The van der Waals surface area contributed by atoms with Crippen LogP contribution in [0, 0.1) is 5.41 Å². The minimum Gasteiger partial charge on any atom is -0.497 e. The van der Waals surface area contributed by atoms with Crippen molar-refractivity contribution in [2.24, 2.45) is 5.41 Å². The zero-order valence-electron chi connectivity index (χ0n) is 23.4. The first-order valence-electron chi connectivity index (χ1n) is 13.5. The van der Waals surface area contributed by atoms with E-state index in [4.69, 9.17) is 23.7 Å². The van der Waals surface area contributed by atoms with E-state index in [1.807, 2.05) is 84.9 Å². The van der Waals surface area contributed by atoms with Crippen LogP contribution in [0.25, 0.3) is 0 Å². The molecule has 0 bridgehead atoms. The molecule has 3 aromatic carbocycles. The predicted octanol–water partition coefficient (Wildman–Crippen LogP) is 5.89. The van der Waals surface area contributed by atoms with E-state index in [1.165, 1.54) is 0 Å². The lowest BCUT2D eigenvalue weighted by Crippen LogP contribution is -2.81. The molecule has 208 valence electrons. The molecule has 0 saturated carbocycles. The molecule has 2 aliphatic rings. The first kappa shape index (κ1) is 27.5. The molecule has 0 N–H and O–H groups in total. The van der Waals surface area contributed by atoms with E-state index >= 15 is 0 Å². The Morgan fingerprint density at radius 1 is 0.825 bits per heavy atom. The highest BCUT2D eigenvalue weighted by Gasteiger charge is 2.86. The smallest absolute Gasteiger partial charge is 0.338 e. The summed E-state index contributed by atoms with van der Waals surface area (Å²) in [7, 11) is 1.59. The number of methoxy groups -OCH3 is 1. The van der Waals surface area contributed by atoms with E-state index in [0.29, 0.717) is 17.1 Å². The molecule has 3 atom stereocenters. The second kappa shape index (κ2) is 10.5. The van der Waals surface area contributed by atoms with Crippen molar-refractivity contribution in [3.05, 3.63) is 113 Å². The Bertz CT molecular complexity index is 1370. The van der Waals surface area contributed by atoms with Gasteiger partial charge in [0.15, 0.2) is 5.41 Å². The molecule has 2 aliphatic heterocycles. The molecule has 0 radical (unpaired) electrons. The van der Waals surface area contributed by atoms with Crippen molar-refractivity contribution in [2.45, 2.75) is 45.0 Å². The van der Waals surface area contributed by atoms with Crippen molar-refractivity contribution in [3.8, 4) is 5.75 Å². The van der Waals surface area contributed by atoms with Crippen LogP contribution in [-0.2, 0) is 34.1 Å². The lowest BCUT2D eigenvalue weighted by Gasteiger charge is -2.70. The number of benzene rings is 3. The molecule has 7 heteroatoms. The summed E-state index contributed by atoms with van der Waals surface area (Å²) in [5.41, 5.74) is -0.537. The predicted molar refractivity (Wildman–Crippen MR) is 148 cm³/mol. The molecule has 0 spiro atoms. The molecule has 0 aromatic heterocycles. The summed E-state index contributed by atoms with van der Waals surface area (Å²) >= 11 is 0. The Morgan fingerprint density at radius 3 is 1.88 bits per heavy atom. The highest BCUT2D eigenvalue weighted by Crippen LogP contribution is 2.74. The molecular formula is C33H34O7. The lowest BCUT2D eigenvalue weighted by atomic mass is 9.47. The Hall–Kier alpha value is -4.10. The Kier molecular flexibility index (Phi) is 7.19. The van der Waals surface area contributed by atoms with Gasteiger partial charge in [0.2, 0.25) is 5.79 Å². The number of carbonyl (C=O) groups excluding carboxylic acids is 2. The third kappa shape index (κ3) is 3.75. The lowest BCUT2D eigenvalue weighted by molar-refractivity contribution is -0.448. The fourth-order valence-electron chi connectivity index (χ4n) is 6.52. The maximum Gasteiger partial charge on any atom is 0.338 e. The van der Waals surface area contributed by atoms with Gasteiger partial charge in [-0.1, -0.05) is 72.8 Å². The second-order valence-electron chi connectivity index (χ2n) is 9.99. The van der Waals surface area contributed by atoms with Crippen molar-refractivity contribution in [1.29, 1.82) is 0 Å². The van der Waals surface area contributed by atoms with Gasteiger partial charge in [0.1, 0.15) is 17.1 Å². The number of esters is 2. The van der Waals surface area contributed by atoms with Gasteiger partial charge < -0.3 is 23.7 Å². The van der Waals surface area contributed by atoms with E-state index in [1.54, 1.807) is 34.8 Å². The van der Waals surface area contributed by atoms with Crippen LogP contribution in [0.1, 0.15) is 50.3 Å². The number of fused-ring (bicyclic) bond motifs is 1. The number of carbonyl (C=O) groups is 2. The molecule has 0 amide bonds. The van der Waals surface area contributed by atoms with Gasteiger partial charge in [0, 0.05) is 12.8 Å². The molecule has 1 saturated heterocycles. The maximum absolute atomic E-state index is 14.7. The summed E-state index contributed by atoms with van der Waals surface area (Å²) in [6.45, 7) is 7.25. The van der Waals surface area contributed by atoms with E-state index in [9.17, 15) is 9.59 Å². The van der Waals surface area contributed by atoms with Crippen molar-refractivity contribution in [1.82, 2.24) is 0 Å². The van der Waals surface area contributed by atoms with Crippen molar-refractivity contribution in [3.63, 3.8) is 0 Å². The molecule has 0 aliphatic carbocycles. The quantitative estimate of drug-likeness (QED) is 0.329. The zero-order valence-corrected chi connectivity index (χ0v) is 23.4. The molecule has 1 unspecified atom stereocenters. The summed E-state index contributed by atoms with van der Waals surface area (Å²) in [5, 5.41) is 0. The van der Waals surface area contributed by atoms with Crippen molar-refractivity contribution in [2.75, 3.05) is 20.3 Å². The van der Waals surface area contributed by atoms with Crippen LogP contribution in [-0.4, -0.2) is 38.0 Å². The van der Waals surface area contributed by atoms with Gasteiger partial charge in [-0.2, -0.15) is 0 Å². The van der Waals surface area contributed by atoms with Gasteiger partial charge in [-0.3, -0.25) is 4.79 Å². The van der Waals surface area contributed by atoms with E-state index < -0.39 is 34.7 Å². The van der Waals surface area contributed by atoms with Crippen LogP contribution in [0.5, 0.6) is 5.75 Å². The number of ether oxygens (including phenoxy) is 5. The highest BCUT2D eigenvalue weighted by atomic mass is 16.7. The molecule has 5 rings (SSSR count). The largest absolute Gasteiger partial charge is 0.497 e. The number of hydrogen-bond acceptors (Lipinski definition) is 7. The van der Waals surface area contributed by atoms with Crippen LogP contribution >= 0.6 is 0 Å². The number of allylic oxidation sites excluding steroid dienone is 1. The van der Waals surface area contributed by atoms with Crippen LogP contribution in [0.2, 0.25) is 0 Å². The fourth-order valence-corrected chi connectivity index (χ4v) is 6.52. The number of hydrogen-bond donors (Lipinski definition) is 0. The topological polar surface area (TPSA) is 80.3 Å². The molecular weight excluding hydrogens is 508 g/mol. The van der Waals surface area contributed by atoms with Gasteiger partial charge in [-0.05, 0) is 49.6 Å². The van der Waals surface area contributed by atoms with E-state index in [-0.39, 0.29) is 18.8 Å². The van der Waals surface area contributed by atoms with Crippen molar-refractivity contribution >= 4 is 11.9 Å². The minimum absolute atomic E-state index is 0.128. The van der Waals surface area contributed by atoms with Crippen LogP contribution in [0.3, 0.4) is 0 Å².